The van der Waals surface area contributed by atoms with Crippen LogP contribution < -0.4 is 10.8 Å². The first kappa shape index (κ1) is 28.3. The summed E-state index contributed by atoms with van der Waals surface area (Å²) in [5, 5.41) is 2.68. The number of piperidine rings is 1. The van der Waals surface area contributed by atoms with E-state index < -0.39 is 42.1 Å². The Bertz CT molecular complexity index is 967. The second kappa shape index (κ2) is 9.89. The minimum absolute atomic E-state index is 0.0230. The van der Waals surface area contributed by atoms with E-state index in [2.05, 4.69) is 5.32 Å². The van der Waals surface area contributed by atoms with Crippen LogP contribution in [0.4, 0.5) is 18.0 Å². The Labute approximate surface area is 211 Å². The number of halogens is 3. The molecule has 2 aliphatic heterocycles. The van der Waals surface area contributed by atoms with Crippen molar-refractivity contribution in [2.45, 2.75) is 90.8 Å². The van der Waals surface area contributed by atoms with Crippen molar-refractivity contribution in [3.05, 3.63) is 29.3 Å². The Balaban J connectivity index is 1.84. The molecule has 36 heavy (non-hydrogen) atoms. The summed E-state index contributed by atoms with van der Waals surface area (Å²) in [6.07, 6.45) is -5.12. The van der Waals surface area contributed by atoms with Crippen molar-refractivity contribution in [3.63, 3.8) is 0 Å². The van der Waals surface area contributed by atoms with Gasteiger partial charge in [0.05, 0.1) is 17.1 Å². The lowest BCUT2D eigenvalue weighted by Gasteiger charge is -2.33. The SMILES string of the molecule is CC(C)(C)OC(=O)NCc1cc(B2OC(C)(C)C(C)(C)O2)cc(C(=O)N2CCC(C(F)(F)F)CC2)c1. The van der Waals surface area contributed by atoms with Crippen molar-refractivity contribution in [2.75, 3.05) is 13.1 Å². The zero-order chi connectivity index (χ0) is 27.1. The minimum atomic E-state index is -4.26. The Hall–Kier alpha value is -2.27. The fourth-order valence-electron chi connectivity index (χ4n) is 4.14. The van der Waals surface area contributed by atoms with Gasteiger partial charge in [0.2, 0.25) is 0 Å². The fraction of sp³-hybridized carbons (Fsp3) is 0.680. The number of alkyl carbamates (subject to hydrolysis) is 1. The lowest BCUT2D eigenvalue weighted by Crippen LogP contribution is -2.43. The largest absolute Gasteiger partial charge is 0.494 e. The van der Waals surface area contributed by atoms with Gasteiger partial charge >= 0.3 is 19.4 Å². The minimum Gasteiger partial charge on any atom is -0.444 e. The highest BCUT2D eigenvalue weighted by molar-refractivity contribution is 6.62. The Kier molecular flexibility index (Phi) is 7.78. The quantitative estimate of drug-likeness (QED) is 0.605. The molecule has 0 radical (unpaired) electrons. The highest BCUT2D eigenvalue weighted by Gasteiger charge is 2.52. The van der Waals surface area contributed by atoms with Crippen molar-refractivity contribution >= 4 is 24.6 Å². The second-order valence-corrected chi connectivity index (χ2v) is 11.5. The summed E-state index contributed by atoms with van der Waals surface area (Å²) in [4.78, 5) is 26.9. The third kappa shape index (κ3) is 6.73. The zero-order valence-electron chi connectivity index (χ0n) is 22.0. The molecular formula is C25H36BF3N2O5. The van der Waals surface area contributed by atoms with Crippen LogP contribution >= 0.6 is 0 Å². The summed E-state index contributed by atoms with van der Waals surface area (Å²) in [5.74, 6) is -1.77. The molecule has 0 bridgehead atoms. The predicted octanol–water partition coefficient (Wildman–Crippen LogP) is 4.43. The highest BCUT2D eigenvalue weighted by atomic mass is 19.4. The summed E-state index contributed by atoms with van der Waals surface area (Å²) in [6, 6.07) is 5.06. The van der Waals surface area contributed by atoms with E-state index in [9.17, 15) is 22.8 Å². The van der Waals surface area contributed by atoms with Gasteiger partial charge in [0.25, 0.3) is 5.91 Å². The molecule has 2 aliphatic rings. The summed E-state index contributed by atoms with van der Waals surface area (Å²) < 4.78 is 56.8. The van der Waals surface area contributed by atoms with Crippen LogP contribution in [0.5, 0.6) is 0 Å². The molecule has 7 nitrogen and oxygen atoms in total. The van der Waals surface area contributed by atoms with Crippen LogP contribution in [-0.2, 0) is 20.6 Å². The van der Waals surface area contributed by atoms with Gasteiger partial charge in [-0.25, -0.2) is 4.79 Å². The number of hydrogen-bond acceptors (Lipinski definition) is 5. The van der Waals surface area contributed by atoms with Crippen LogP contribution in [0.1, 0.15) is 77.2 Å². The van der Waals surface area contributed by atoms with E-state index in [-0.39, 0.29) is 38.4 Å². The van der Waals surface area contributed by atoms with Gasteiger partial charge in [0.1, 0.15) is 5.60 Å². The molecule has 2 amide bonds. The maximum absolute atomic E-state index is 13.3. The van der Waals surface area contributed by atoms with E-state index in [1.54, 1.807) is 39.0 Å². The third-order valence-electron chi connectivity index (χ3n) is 6.87. The molecule has 2 heterocycles. The van der Waals surface area contributed by atoms with E-state index in [4.69, 9.17) is 14.0 Å². The van der Waals surface area contributed by atoms with Gasteiger partial charge in [0.15, 0.2) is 0 Å². The number of amides is 2. The van der Waals surface area contributed by atoms with E-state index in [1.165, 1.54) is 4.90 Å². The van der Waals surface area contributed by atoms with Gasteiger partial charge < -0.3 is 24.3 Å². The van der Waals surface area contributed by atoms with Gasteiger partial charge in [-0.3, -0.25) is 4.79 Å². The molecule has 2 fully saturated rings. The lowest BCUT2D eigenvalue weighted by atomic mass is 9.77. The van der Waals surface area contributed by atoms with Gasteiger partial charge in [-0.1, -0.05) is 6.07 Å². The maximum Gasteiger partial charge on any atom is 0.494 e. The zero-order valence-corrected chi connectivity index (χ0v) is 22.0. The average molecular weight is 512 g/mol. The second-order valence-electron chi connectivity index (χ2n) is 11.5. The van der Waals surface area contributed by atoms with Crippen molar-refractivity contribution in [1.82, 2.24) is 10.2 Å². The first-order valence-corrected chi connectivity index (χ1v) is 12.2. The Morgan fingerprint density at radius 3 is 2.11 bits per heavy atom. The van der Waals surface area contributed by atoms with E-state index in [0.29, 0.717) is 16.6 Å². The Morgan fingerprint density at radius 2 is 1.61 bits per heavy atom. The van der Waals surface area contributed by atoms with Gasteiger partial charge in [-0.05, 0) is 84.5 Å². The smallest absolute Gasteiger partial charge is 0.444 e. The first-order chi connectivity index (χ1) is 16.4. The van der Waals surface area contributed by atoms with Crippen LogP contribution in [0, 0.1) is 5.92 Å². The number of hydrogen-bond donors (Lipinski definition) is 1. The Morgan fingerprint density at radius 1 is 1.06 bits per heavy atom. The summed E-state index contributed by atoms with van der Waals surface area (Å²) in [7, 11) is -0.751. The van der Waals surface area contributed by atoms with Crippen molar-refractivity contribution in [1.29, 1.82) is 0 Å². The number of nitrogens with one attached hydrogen (secondary N) is 1. The molecule has 11 heteroatoms. The van der Waals surface area contributed by atoms with Gasteiger partial charge in [0, 0.05) is 25.2 Å². The van der Waals surface area contributed by atoms with Gasteiger partial charge in [-0.2, -0.15) is 13.2 Å². The molecule has 1 aromatic rings. The molecule has 0 unspecified atom stereocenters. The van der Waals surface area contributed by atoms with Crippen molar-refractivity contribution in [2.24, 2.45) is 5.92 Å². The lowest BCUT2D eigenvalue weighted by molar-refractivity contribution is -0.183. The molecule has 0 atom stereocenters. The molecule has 0 aliphatic carbocycles. The number of alkyl halides is 3. The molecule has 2 saturated heterocycles. The topological polar surface area (TPSA) is 77.1 Å². The standard InChI is InChI=1S/C25H36BF3N2O5/c1-22(2,3)34-21(33)30-15-16-12-17(20(32)31-10-8-18(9-11-31)25(27,28)29)14-19(13-16)26-35-23(4,5)24(6,7)36-26/h12-14,18H,8-11,15H2,1-7H3,(H,30,33). The normalized spacial score (nSPS) is 20.4. The van der Waals surface area contributed by atoms with E-state index in [1.807, 2.05) is 27.7 Å². The van der Waals surface area contributed by atoms with Crippen molar-refractivity contribution in [3.8, 4) is 0 Å². The monoisotopic (exact) mass is 512 g/mol. The molecule has 1 aromatic carbocycles. The number of likely N-dealkylation sites (tertiary alicyclic amines) is 1. The summed E-state index contributed by atoms with van der Waals surface area (Å²) in [5.41, 5.74) is -0.378. The number of benzene rings is 1. The molecule has 200 valence electrons. The van der Waals surface area contributed by atoms with E-state index >= 15 is 0 Å². The summed E-state index contributed by atoms with van der Waals surface area (Å²) >= 11 is 0. The molecule has 0 spiro atoms. The number of carbonyl (C=O) groups excluding carboxylic acids is 2. The number of ether oxygens (including phenoxy) is 1. The molecule has 0 aromatic heterocycles. The third-order valence-corrected chi connectivity index (χ3v) is 6.87. The average Bonchev–Trinajstić information content (AvgIpc) is 2.97. The van der Waals surface area contributed by atoms with Crippen LogP contribution in [0.3, 0.4) is 0 Å². The predicted molar refractivity (Wildman–Crippen MR) is 130 cm³/mol. The molecule has 0 saturated carbocycles. The maximum atomic E-state index is 13.3. The van der Waals surface area contributed by atoms with Crippen molar-refractivity contribution < 1.29 is 36.8 Å². The molecule has 3 rings (SSSR count). The highest BCUT2D eigenvalue weighted by Crippen LogP contribution is 2.37. The van der Waals surface area contributed by atoms with Crippen LogP contribution in [0.25, 0.3) is 0 Å². The van der Waals surface area contributed by atoms with Gasteiger partial charge in [-0.15, -0.1) is 0 Å². The fourth-order valence-corrected chi connectivity index (χ4v) is 4.14. The van der Waals surface area contributed by atoms with Crippen LogP contribution in [0.15, 0.2) is 18.2 Å². The van der Waals surface area contributed by atoms with E-state index in [0.717, 1.165) is 0 Å². The number of carbonyl (C=O) groups is 2. The van der Waals surface area contributed by atoms with Crippen LogP contribution in [0.2, 0.25) is 0 Å². The first-order valence-electron chi connectivity index (χ1n) is 12.2. The number of nitrogens with zero attached hydrogens (tertiary/aromatic N) is 1. The van der Waals surface area contributed by atoms with Crippen LogP contribution in [-0.4, -0.2) is 60.1 Å². The molecule has 1 N–H and O–H groups in total. The number of rotatable bonds is 4. The molecular weight excluding hydrogens is 476 g/mol. The summed E-state index contributed by atoms with van der Waals surface area (Å²) in [6.45, 7) is 13.0.